The Hall–Kier alpha value is -1.02. The average molecular weight is 275 g/mol. The molecular weight excluding hydrogens is 246 g/mol. The number of hydrogen-bond donors (Lipinski definition) is 1. The van der Waals surface area contributed by atoms with E-state index in [2.05, 4.69) is 45.3 Å². The first kappa shape index (κ1) is 15.4. The van der Waals surface area contributed by atoms with E-state index in [-0.39, 0.29) is 0 Å². The van der Waals surface area contributed by atoms with E-state index in [1.807, 2.05) is 0 Å². The van der Waals surface area contributed by atoms with E-state index in [1.54, 1.807) is 7.11 Å². The van der Waals surface area contributed by atoms with E-state index >= 15 is 0 Å². The predicted molar refractivity (Wildman–Crippen MR) is 85.4 cm³/mol. The molecule has 1 N–H and O–H groups in total. The van der Waals surface area contributed by atoms with Crippen LogP contribution in [0.4, 0.5) is 0 Å². The highest BCUT2D eigenvalue weighted by Gasteiger charge is 2.32. The first-order valence-corrected chi connectivity index (χ1v) is 7.93. The Kier molecular flexibility index (Phi) is 5.09. The van der Waals surface area contributed by atoms with Crippen molar-refractivity contribution >= 4 is 0 Å². The number of aryl methyl sites for hydroxylation is 2. The highest BCUT2D eigenvalue weighted by atomic mass is 16.5. The average Bonchev–Trinajstić information content (AvgIpc) is 2.90. The molecule has 20 heavy (non-hydrogen) atoms. The Morgan fingerprint density at radius 2 is 2.05 bits per heavy atom. The zero-order valence-corrected chi connectivity index (χ0v) is 13.6. The zero-order chi connectivity index (χ0) is 14.7. The van der Waals surface area contributed by atoms with Gasteiger partial charge in [-0.15, -0.1) is 0 Å². The summed E-state index contributed by atoms with van der Waals surface area (Å²) >= 11 is 0. The molecule has 0 radical (unpaired) electrons. The monoisotopic (exact) mass is 275 g/mol. The molecule has 1 saturated carbocycles. The van der Waals surface area contributed by atoms with E-state index in [4.69, 9.17) is 4.74 Å². The summed E-state index contributed by atoms with van der Waals surface area (Å²) in [6.07, 6.45) is 5.38. The highest BCUT2D eigenvalue weighted by molar-refractivity contribution is 5.45. The second-order valence-electron chi connectivity index (χ2n) is 6.31. The van der Waals surface area contributed by atoms with Crippen LogP contribution in [0.25, 0.3) is 0 Å². The van der Waals surface area contributed by atoms with Crippen LogP contribution in [0.1, 0.15) is 55.3 Å². The Balaban J connectivity index is 2.32. The van der Waals surface area contributed by atoms with E-state index in [9.17, 15) is 0 Å². The van der Waals surface area contributed by atoms with Crippen molar-refractivity contribution in [2.75, 3.05) is 14.2 Å². The van der Waals surface area contributed by atoms with Gasteiger partial charge in [-0.1, -0.05) is 25.8 Å². The molecule has 0 spiro atoms. The lowest BCUT2D eigenvalue weighted by atomic mass is 9.87. The third-order valence-electron chi connectivity index (χ3n) is 4.97. The van der Waals surface area contributed by atoms with Gasteiger partial charge >= 0.3 is 0 Å². The van der Waals surface area contributed by atoms with Gasteiger partial charge in [0.15, 0.2) is 0 Å². The summed E-state index contributed by atoms with van der Waals surface area (Å²) in [6.45, 7) is 6.66. The molecule has 0 heterocycles. The largest absolute Gasteiger partial charge is 0.496 e. The van der Waals surface area contributed by atoms with Crippen molar-refractivity contribution in [3.8, 4) is 5.75 Å². The molecule has 2 rings (SSSR count). The molecule has 1 fully saturated rings. The summed E-state index contributed by atoms with van der Waals surface area (Å²) in [7, 11) is 3.87. The Morgan fingerprint density at radius 3 is 2.60 bits per heavy atom. The second kappa shape index (κ2) is 6.62. The molecule has 0 aliphatic heterocycles. The summed E-state index contributed by atoms with van der Waals surface area (Å²) in [4.78, 5) is 0. The quantitative estimate of drug-likeness (QED) is 0.860. The number of nitrogens with one attached hydrogen (secondary N) is 1. The summed E-state index contributed by atoms with van der Waals surface area (Å²) < 4.78 is 5.66. The van der Waals surface area contributed by atoms with Gasteiger partial charge in [0, 0.05) is 11.6 Å². The summed E-state index contributed by atoms with van der Waals surface area (Å²) in [5.41, 5.74) is 3.99. The lowest BCUT2D eigenvalue weighted by Crippen LogP contribution is -2.25. The Labute approximate surface area is 123 Å². The molecule has 2 heteroatoms. The molecule has 2 nitrogen and oxygen atoms in total. The minimum Gasteiger partial charge on any atom is -0.496 e. The lowest BCUT2D eigenvalue weighted by molar-refractivity contribution is 0.348. The molecule has 0 bridgehead atoms. The second-order valence-corrected chi connectivity index (χ2v) is 6.31. The maximum Gasteiger partial charge on any atom is 0.124 e. The maximum absolute atomic E-state index is 5.66. The normalized spacial score (nSPS) is 23.9. The van der Waals surface area contributed by atoms with Gasteiger partial charge in [0.25, 0.3) is 0 Å². The first-order chi connectivity index (χ1) is 9.60. The van der Waals surface area contributed by atoms with Gasteiger partial charge in [-0.25, -0.2) is 0 Å². The fourth-order valence-corrected chi connectivity index (χ4v) is 3.91. The van der Waals surface area contributed by atoms with Crippen molar-refractivity contribution in [2.45, 2.75) is 52.5 Å². The van der Waals surface area contributed by atoms with Crippen molar-refractivity contribution in [2.24, 2.45) is 11.8 Å². The SMILES string of the molecule is CCC1CCC(C(NC)c2c(C)cc(C)cc2OC)C1. The number of ether oxygens (including phenoxy) is 1. The molecular formula is C18H29NO. The van der Waals surface area contributed by atoms with Gasteiger partial charge in [0.2, 0.25) is 0 Å². The van der Waals surface area contributed by atoms with Crippen molar-refractivity contribution in [1.82, 2.24) is 5.32 Å². The topological polar surface area (TPSA) is 21.3 Å². The molecule has 1 aromatic rings. The van der Waals surface area contributed by atoms with Crippen LogP contribution < -0.4 is 10.1 Å². The van der Waals surface area contributed by atoms with Crippen molar-refractivity contribution in [3.05, 3.63) is 28.8 Å². The number of benzene rings is 1. The van der Waals surface area contributed by atoms with Gasteiger partial charge in [0.05, 0.1) is 7.11 Å². The third kappa shape index (κ3) is 3.01. The highest BCUT2D eigenvalue weighted by Crippen LogP contribution is 2.43. The summed E-state index contributed by atoms with van der Waals surface area (Å²) in [6, 6.07) is 4.86. The van der Waals surface area contributed by atoms with Crippen LogP contribution in [0.3, 0.4) is 0 Å². The Bertz CT molecular complexity index is 455. The van der Waals surface area contributed by atoms with Crippen molar-refractivity contribution < 1.29 is 4.74 Å². The lowest BCUT2D eigenvalue weighted by Gasteiger charge is -2.27. The van der Waals surface area contributed by atoms with Crippen LogP contribution in [0.5, 0.6) is 5.75 Å². The fraction of sp³-hybridized carbons (Fsp3) is 0.667. The minimum absolute atomic E-state index is 0.419. The molecule has 0 saturated heterocycles. The number of hydrogen-bond acceptors (Lipinski definition) is 2. The molecule has 1 aromatic carbocycles. The first-order valence-electron chi connectivity index (χ1n) is 7.93. The molecule has 3 unspecified atom stereocenters. The molecule has 3 atom stereocenters. The molecule has 1 aliphatic rings. The smallest absolute Gasteiger partial charge is 0.124 e. The van der Waals surface area contributed by atoms with Crippen molar-refractivity contribution in [1.29, 1.82) is 0 Å². The van der Waals surface area contributed by atoms with Crippen LogP contribution in [0.2, 0.25) is 0 Å². The number of methoxy groups -OCH3 is 1. The predicted octanol–water partition coefficient (Wildman–Crippen LogP) is 4.40. The van der Waals surface area contributed by atoms with Crippen LogP contribution in [-0.4, -0.2) is 14.2 Å². The number of rotatable bonds is 5. The van der Waals surface area contributed by atoms with Gasteiger partial charge in [-0.2, -0.15) is 0 Å². The van der Waals surface area contributed by atoms with Gasteiger partial charge < -0.3 is 10.1 Å². The minimum atomic E-state index is 0.419. The summed E-state index contributed by atoms with van der Waals surface area (Å²) in [5.74, 6) is 2.69. The van der Waals surface area contributed by atoms with Crippen LogP contribution in [0.15, 0.2) is 12.1 Å². The Morgan fingerprint density at radius 1 is 1.30 bits per heavy atom. The van der Waals surface area contributed by atoms with Gasteiger partial charge in [-0.3, -0.25) is 0 Å². The van der Waals surface area contributed by atoms with E-state index in [0.717, 1.165) is 17.6 Å². The third-order valence-corrected chi connectivity index (χ3v) is 4.97. The maximum atomic E-state index is 5.66. The summed E-state index contributed by atoms with van der Waals surface area (Å²) in [5, 5.41) is 3.56. The van der Waals surface area contributed by atoms with E-state index in [1.165, 1.54) is 42.4 Å². The van der Waals surface area contributed by atoms with Crippen LogP contribution in [0, 0.1) is 25.7 Å². The van der Waals surface area contributed by atoms with E-state index < -0.39 is 0 Å². The molecule has 1 aliphatic carbocycles. The van der Waals surface area contributed by atoms with Gasteiger partial charge in [-0.05, 0) is 62.8 Å². The van der Waals surface area contributed by atoms with Crippen molar-refractivity contribution in [3.63, 3.8) is 0 Å². The molecule has 0 amide bonds. The standard InChI is InChI=1S/C18H29NO/c1-6-14-7-8-15(11-14)18(19-4)17-13(3)9-12(2)10-16(17)20-5/h9-10,14-15,18-19H,6-8,11H2,1-5H3. The fourth-order valence-electron chi connectivity index (χ4n) is 3.91. The molecule has 112 valence electrons. The van der Waals surface area contributed by atoms with Crippen LogP contribution >= 0.6 is 0 Å². The molecule has 0 aromatic heterocycles. The van der Waals surface area contributed by atoms with Gasteiger partial charge in [0.1, 0.15) is 5.75 Å². The zero-order valence-electron chi connectivity index (χ0n) is 13.6. The van der Waals surface area contributed by atoms with Crippen LogP contribution in [-0.2, 0) is 0 Å². The van der Waals surface area contributed by atoms with E-state index in [0.29, 0.717) is 6.04 Å².